The summed E-state index contributed by atoms with van der Waals surface area (Å²) in [5.41, 5.74) is 8.41. The van der Waals surface area contributed by atoms with Crippen LogP contribution in [0.1, 0.15) is 0 Å². The van der Waals surface area contributed by atoms with Crippen molar-refractivity contribution in [2.24, 2.45) is 0 Å². The molecule has 0 unspecified atom stereocenters. The molecule has 5 aromatic carbocycles. The van der Waals surface area contributed by atoms with Gasteiger partial charge in [0.1, 0.15) is 0 Å². The molecule has 3 heteroatoms. The summed E-state index contributed by atoms with van der Waals surface area (Å²) in [6, 6.07) is 41.1. The van der Waals surface area contributed by atoms with Gasteiger partial charge in [0.2, 0.25) is 0 Å². The van der Waals surface area contributed by atoms with Gasteiger partial charge in [-0.2, -0.15) is 0 Å². The molecule has 158 valence electrons. The highest BCUT2D eigenvalue weighted by atomic mass is 79.9. The number of rotatable bonds is 3. The van der Waals surface area contributed by atoms with Crippen molar-refractivity contribution in [1.29, 1.82) is 0 Å². The maximum atomic E-state index is 3.67. The van der Waals surface area contributed by atoms with Gasteiger partial charge in [0.05, 0.1) is 11.0 Å². The molecule has 1 heterocycles. The van der Waals surface area contributed by atoms with Gasteiger partial charge in [-0.1, -0.05) is 105 Å². The van der Waals surface area contributed by atoms with E-state index < -0.39 is 0 Å². The van der Waals surface area contributed by atoms with Gasteiger partial charge in [0.25, 0.3) is 0 Å². The average Bonchev–Trinajstić information content (AvgIpc) is 3.17. The molecule has 0 N–H and O–H groups in total. The summed E-state index contributed by atoms with van der Waals surface area (Å²) in [6.45, 7) is 0. The van der Waals surface area contributed by atoms with E-state index in [4.69, 9.17) is 0 Å². The molecule has 0 aliphatic heterocycles. The first-order chi connectivity index (χ1) is 16.2. The molecule has 0 amide bonds. The fourth-order valence-electron chi connectivity index (χ4n) is 4.59. The highest BCUT2D eigenvalue weighted by molar-refractivity contribution is 9.11. The lowest BCUT2D eigenvalue weighted by Gasteiger charge is -2.10. The lowest BCUT2D eigenvalue weighted by molar-refractivity contribution is 1.17. The number of hydrogen-bond donors (Lipinski definition) is 0. The minimum atomic E-state index is 1.05. The zero-order valence-electron chi connectivity index (χ0n) is 17.7. The van der Waals surface area contributed by atoms with Crippen LogP contribution in [0.2, 0.25) is 0 Å². The normalized spacial score (nSPS) is 11.3. The van der Waals surface area contributed by atoms with Crippen molar-refractivity contribution in [2.75, 3.05) is 0 Å². The number of hydrogen-bond acceptors (Lipinski definition) is 0. The van der Waals surface area contributed by atoms with Crippen molar-refractivity contribution in [3.05, 3.63) is 124 Å². The predicted molar refractivity (Wildman–Crippen MR) is 147 cm³/mol. The Hall–Kier alpha value is -3.14. The molecule has 33 heavy (non-hydrogen) atoms. The first-order valence-electron chi connectivity index (χ1n) is 10.8. The Morgan fingerprint density at radius 2 is 0.879 bits per heavy atom. The molecule has 0 atom stereocenters. The number of fused-ring (bicyclic) bond motifs is 3. The van der Waals surface area contributed by atoms with E-state index in [9.17, 15) is 0 Å². The van der Waals surface area contributed by atoms with Crippen molar-refractivity contribution in [3.63, 3.8) is 0 Å². The van der Waals surface area contributed by atoms with Crippen molar-refractivity contribution in [2.45, 2.75) is 0 Å². The third kappa shape index (κ3) is 3.72. The number of halogens is 2. The molecule has 0 aliphatic rings. The molecule has 0 saturated carbocycles. The maximum absolute atomic E-state index is 3.67. The minimum Gasteiger partial charge on any atom is -0.309 e. The third-order valence-electron chi connectivity index (χ3n) is 6.08. The maximum Gasteiger partial charge on any atom is 0.0541 e. The topological polar surface area (TPSA) is 4.93 Å². The Morgan fingerprint density at radius 3 is 1.33 bits per heavy atom. The summed E-state index contributed by atoms with van der Waals surface area (Å²) in [7, 11) is 0. The van der Waals surface area contributed by atoms with Gasteiger partial charge in [0.15, 0.2) is 0 Å². The lowest BCUT2D eigenvalue weighted by atomic mass is 10.0. The van der Waals surface area contributed by atoms with E-state index in [1.807, 2.05) is 0 Å². The molecular weight excluding hydrogens is 534 g/mol. The van der Waals surface area contributed by atoms with Crippen molar-refractivity contribution >= 4 is 53.7 Å². The van der Waals surface area contributed by atoms with Crippen LogP contribution >= 0.6 is 31.9 Å². The fraction of sp³-hybridized carbons (Fsp3) is 0. The van der Waals surface area contributed by atoms with Gasteiger partial charge >= 0.3 is 0 Å². The Kier molecular flexibility index (Phi) is 5.17. The lowest BCUT2D eigenvalue weighted by Crippen LogP contribution is -1.94. The number of aromatic nitrogens is 1. The second-order valence-corrected chi connectivity index (χ2v) is 9.99. The minimum absolute atomic E-state index is 1.05. The second-order valence-electron chi connectivity index (χ2n) is 8.16. The number of nitrogens with zero attached hydrogens (tertiary/aromatic N) is 1. The molecule has 0 saturated heterocycles. The summed E-state index contributed by atoms with van der Waals surface area (Å²) in [6.07, 6.45) is 0. The van der Waals surface area contributed by atoms with Crippen LogP contribution in [-0.2, 0) is 0 Å². The third-order valence-corrected chi connectivity index (χ3v) is 7.00. The van der Waals surface area contributed by atoms with E-state index in [0.717, 1.165) is 14.6 Å². The highest BCUT2D eigenvalue weighted by Crippen LogP contribution is 2.38. The van der Waals surface area contributed by atoms with Crippen LogP contribution in [-0.4, -0.2) is 4.57 Å². The van der Waals surface area contributed by atoms with Crippen LogP contribution < -0.4 is 0 Å². The molecule has 1 nitrogen and oxygen atoms in total. The standard InChI is InChI=1S/C30H19Br2N/c31-24-17-25(32)19-26(18-24)33-29-13-11-22(20-7-3-1-4-8-20)15-27(29)28-16-23(12-14-30(28)33)21-9-5-2-6-10-21/h1-19H. The molecule has 0 bridgehead atoms. The Labute approximate surface area is 209 Å². The van der Waals surface area contributed by atoms with Crippen LogP contribution in [0.15, 0.2) is 124 Å². The van der Waals surface area contributed by atoms with Crippen LogP contribution in [0.25, 0.3) is 49.7 Å². The van der Waals surface area contributed by atoms with E-state index >= 15 is 0 Å². The summed E-state index contributed by atoms with van der Waals surface area (Å²) < 4.78 is 4.44. The van der Waals surface area contributed by atoms with E-state index in [1.165, 1.54) is 44.1 Å². The van der Waals surface area contributed by atoms with E-state index in [2.05, 4.69) is 152 Å². The van der Waals surface area contributed by atoms with Gasteiger partial charge < -0.3 is 4.57 Å². The zero-order chi connectivity index (χ0) is 22.4. The van der Waals surface area contributed by atoms with Crippen LogP contribution in [0, 0.1) is 0 Å². The second kappa shape index (κ2) is 8.33. The van der Waals surface area contributed by atoms with Crippen LogP contribution in [0.4, 0.5) is 0 Å². The molecular formula is C30H19Br2N. The molecule has 0 aliphatic carbocycles. The van der Waals surface area contributed by atoms with Crippen LogP contribution in [0.3, 0.4) is 0 Å². The van der Waals surface area contributed by atoms with E-state index in [0.29, 0.717) is 0 Å². The summed E-state index contributed by atoms with van der Waals surface area (Å²) >= 11 is 7.34. The van der Waals surface area contributed by atoms with E-state index in [-0.39, 0.29) is 0 Å². The quantitative estimate of drug-likeness (QED) is 0.206. The van der Waals surface area contributed by atoms with Gasteiger partial charge in [-0.25, -0.2) is 0 Å². The fourth-order valence-corrected chi connectivity index (χ4v) is 5.86. The first kappa shape index (κ1) is 20.5. The van der Waals surface area contributed by atoms with Gasteiger partial charge in [-0.05, 0) is 64.7 Å². The largest absolute Gasteiger partial charge is 0.309 e. The Morgan fingerprint density at radius 1 is 0.424 bits per heavy atom. The van der Waals surface area contributed by atoms with Crippen molar-refractivity contribution in [3.8, 4) is 27.9 Å². The monoisotopic (exact) mass is 551 g/mol. The number of benzene rings is 5. The van der Waals surface area contributed by atoms with Crippen LogP contribution in [0.5, 0.6) is 0 Å². The summed E-state index contributed by atoms with van der Waals surface area (Å²) in [4.78, 5) is 0. The van der Waals surface area contributed by atoms with E-state index in [1.54, 1.807) is 0 Å². The molecule has 0 radical (unpaired) electrons. The molecule has 1 aromatic heterocycles. The Balaban J connectivity index is 1.68. The van der Waals surface area contributed by atoms with Gasteiger partial charge in [-0.3, -0.25) is 0 Å². The zero-order valence-corrected chi connectivity index (χ0v) is 20.8. The first-order valence-corrected chi connectivity index (χ1v) is 12.4. The SMILES string of the molecule is Brc1cc(Br)cc(-n2c3ccc(-c4ccccc4)cc3c3cc(-c4ccccc4)ccc32)c1. The van der Waals surface area contributed by atoms with Crippen molar-refractivity contribution in [1.82, 2.24) is 4.57 Å². The molecule has 6 rings (SSSR count). The van der Waals surface area contributed by atoms with Gasteiger partial charge in [0, 0.05) is 25.4 Å². The molecule has 0 spiro atoms. The summed E-state index contributed by atoms with van der Waals surface area (Å²) in [5.74, 6) is 0. The van der Waals surface area contributed by atoms with Crippen molar-refractivity contribution < 1.29 is 0 Å². The Bertz CT molecular complexity index is 1500. The summed E-state index contributed by atoms with van der Waals surface area (Å²) in [5, 5.41) is 2.50. The molecule has 0 fully saturated rings. The highest BCUT2D eigenvalue weighted by Gasteiger charge is 2.15. The predicted octanol–water partition coefficient (Wildman–Crippen LogP) is 9.64. The average molecular weight is 553 g/mol. The molecule has 6 aromatic rings. The van der Waals surface area contributed by atoms with Gasteiger partial charge in [-0.15, -0.1) is 0 Å². The smallest absolute Gasteiger partial charge is 0.0541 e.